The lowest BCUT2D eigenvalue weighted by molar-refractivity contribution is 0.0597. The number of fused-ring (bicyclic) bond motifs is 1. The SMILES string of the molecule is COC(=O)c1cc2c(cc1O)CCC2. The number of ether oxygens (including phenoxy) is 1. The fourth-order valence-electron chi connectivity index (χ4n) is 1.88. The summed E-state index contributed by atoms with van der Waals surface area (Å²) in [5.74, 6) is -0.449. The van der Waals surface area contributed by atoms with Crippen LogP contribution in [0.2, 0.25) is 0 Å². The van der Waals surface area contributed by atoms with Gasteiger partial charge in [0.15, 0.2) is 0 Å². The maximum absolute atomic E-state index is 11.3. The Morgan fingerprint density at radius 3 is 2.64 bits per heavy atom. The van der Waals surface area contributed by atoms with E-state index in [1.165, 1.54) is 7.11 Å². The third kappa shape index (κ3) is 1.35. The van der Waals surface area contributed by atoms with Crippen LogP contribution in [-0.4, -0.2) is 18.2 Å². The van der Waals surface area contributed by atoms with Crippen LogP contribution in [0.5, 0.6) is 5.75 Å². The molecule has 1 aromatic carbocycles. The van der Waals surface area contributed by atoms with Crippen molar-refractivity contribution in [1.82, 2.24) is 0 Å². The number of phenols is 1. The molecule has 0 amide bonds. The Balaban J connectivity index is 2.47. The molecule has 1 aliphatic rings. The number of phenolic OH excluding ortho intramolecular Hbond substituents is 1. The molecule has 0 aromatic heterocycles. The fraction of sp³-hybridized carbons (Fsp3) is 0.364. The first-order valence-corrected chi connectivity index (χ1v) is 4.65. The van der Waals surface area contributed by atoms with E-state index in [2.05, 4.69) is 4.74 Å². The van der Waals surface area contributed by atoms with E-state index in [1.807, 2.05) is 0 Å². The molecule has 1 N–H and O–H groups in total. The summed E-state index contributed by atoms with van der Waals surface area (Å²) in [5, 5.41) is 9.58. The average molecular weight is 192 g/mol. The van der Waals surface area contributed by atoms with Gasteiger partial charge in [-0.3, -0.25) is 0 Å². The van der Waals surface area contributed by atoms with Crippen molar-refractivity contribution in [2.45, 2.75) is 19.3 Å². The van der Waals surface area contributed by atoms with Gasteiger partial charge in [0.2, 0.25) is 0 Å². The van der Waals surface area contributed by atoms with E-state index in [4.69, 9.17) is 0 Å². The molecule has 0 heterocycles. The lowest BCUT2D eigenvalue weighted by Crippen LogP contribution is -2.02. The molecule has 74 valence electrons. The number of esters is 1. The second-order valence-electron chi connectivity index (χ2n) is 3.48. The van der Waals surface area contributed by atoms with Crippen molar-refractivity contribution in [1.29, 1.82) is 0 Å². The van der Waals surface area contributed by atoms with Gasteiger partial charge in [-0.1, -0.05) is 0 Å². The number of benzene rings is 1. The minimum Gasteiger partial charge on any atom is -0.507 e. The topological polar surface area (TPSA) is 46.5 Å². The standard InChI is InChI=1S/C11H12O3/c1-14-11(13)9-5-7-3-2-4-8(7)6-10(9)12/h5-6,12H,2-4H2,1H3. The van der Waals surface area contributed by atoms with Crippen molar-refractivity contribution >= 4 is 5.97 Å². The first-order valence-electron chi connectivity index (χ1n) is 4.65. The quantitative estimate of drug-likeness (QED) is 0.688. The molecule has 0 spiro atoms. The summed E-state index contributed by atoms with van der Waals surface area (Å²) in [6.45, 7) is 0. The molecule has 3 heteroatoms. The Labute approximate surface area is 82.3 Å². The van der Waals surface area contributed by atoms with Crippen LogP contribution in [0.3, 0.4) is 0 Å². The molecule has 0 unspecified atom stereocenters. The molecule has 0 radical (unpaired) electrons. The Morgan fingerprint density at radius 1 is 1.36 bits per heavy atom. The lowest BCUT2D eigenvalue weighted by atomic mass is 10.1. The summed E-state index contributed by atoms with van der Waals surface area (Å²) in [4.78, 5) is 11.3. The van der Waals surface area contributed by atoms with Gasteiger partial charge in [-0.25, -0.2) is 4.79 Å². The molecular formula is C11H12O3. The van der Waals surface area contributed by atoms with Crippen molar-refractivity contribution in [3.8, 4) is 5.75 Å². The van der Waals surface area contributed by atoms with Crippen molar-refractivity contribution < 1.29 is 14.6 Å². The van der Waals surface area contributed by atoms with Gasteiger partial charge in [-0.2, -0.15) is 0 Å². The highest BCUT2D eigenvalue weighted by Gasteiger charge is 2.18. The number of aromatic hydroxyl groups is 1. The van der Waals surface area contributed by atoms with Crippen molar-refractivity contribution in [3.05, 3.63) is 28.8 Å². The smallest absolute Gasteiger partial charge is 0.341 e. The summed E-state index contributed by atoms with van der Waals surface area (Å²) in [6.07, 6.45) is 3.07. The van der Waals surface area contributed by atoms with E-state index in [0.717, 1.165) is 30.4 Å². The first kappa shape index (κ1) is 9.06. The number of hydrogen-bond acceptors (Lipinski definition) is 3. The van der Waals surface area contributed by atoms with E-state index >= 15 is 0 Å². The summed E-state index contributed by atoms with van der Waals surface area (Å²) in [7, 11) is 1.31. The number of hydrogen-bond donors (Lipinski definition) is 1. The zero-order chi connectivity index (χ0) is 10.1. The number of carbonyl (C=O) groups is 1. The lowest BCUT2D eigenvalue weighted by Gasteiger charge is -2.05. The van der Waals surface area contributed by atoms with Gasteiger partial charge < -0.3 is 9.84 Å². The third-order valence-electron chi connectivity index (χ3n) is 2.62. The largest absolute Gasteiger partial charge is 0.507 e. The Bertz CT molecular complexity index is 382. The van der Waals surface area contributed by atoms with E-state index in [9.17, 15) is 9.90 Å². The molecular weight excluding hydrogens is 180 g/mol. The van der Waals surface area contributed by atoms with Crippen LogP contribution < -0.4 is 0 Å². The normalized spacial score (nSPS) is 13.8. The molecule has 0 aliphatic heterocycles. The fourth-order valence-corrected chi connectivity index (χ4v) is 1.88. The van der Waals surface area contributed by atoms with Crippen LogP contribution in [0.25, 0.3) is 0 Å². The number of rotatable bonds is 1. The van der Waals surface area contributed by atoms with Gasteiger partial charge in [0.25, 0.3) is 0 Å². The van der Waals surface area contributed by atoms with Gasteiger partial charge in [0, 0.05) is 0 Å². The highest BCUT2D eigenvalue weighted by Crippen LogP contribution is 2.29. The van der Waals surface area contributed by atoms with Gasteiger partial charge >= 0.3 is 5.97 Å². The first-order chi connectivity index (χ1) is 6.72. The summed E-state index contributed by atoms with van der Waals surface area (Å²) in [6, 6.07) is 3.41. The van der Waals surface area contributed by atoms with Crippen molar-refractivity contribution in [2.75, 3.05) is 7.11 Å². The van der Waals surface area contributed by atoms with Crippen LogP contribution in [-0.2, 0) is 17.6 Å². The number of aryl methyl sites for hydroxylation is 2. The van der Waals surface area contributed by atoms with Crippen LogP contribution in [0.4, 0.5) is 0 Å². The van der Waals surface area contributed by atoms with Crippen LogP contribution in [0.1, 0.15) is 27.9 Å². The molecule has 0 saturated carbocycles. The minimum atomic E-state index is -0.475. The maximum Gasteiger partial charge on any atom is 0.341 e. The summed E-state index contributed by atoms with van der Waals surface area (Å²) < 4.78 is 4.58. The Morgan fingerprint density at radius 2 is 2.00 bits per heavy atom. The van der Waals surface area contributed by atoms with Gasteiger partial charge in [0.05, 0.1) is 7.11 Å². The second-order valence-corrected chi connectivity index (χ2v) is 3.48. The number of methoxy groups -OCH3 is 1. The molecule has 0 bridgehead atoms. The van der Waals surface area contributed by atoms with E-state index in [1.54, 1.807) is 12.1 Å². The van der Waals surface area contributed by atoms with Crippen molar-refractivity contribution in [2.24, 2.45) is 0 Å². The van der Waals surface area contributed by atoms with Crippen molar-refractivity contribution in [3.63, 3.8) is 0 Å². The molecule has 1 aliphatic carbocycles. The summed E-state index contributed by atoms with van der Waals surface area (Å²) in [5.41, 5.74) is 2.58. The minimum absolute atomic E-state index is 0.0255. The highest BCUT2D eigenvalue weighted by atomic mass is 16.5. The van der Waals surface area contributed by atoms with E-state index < -0.39 is 5.97 Å². The van der Waals surface area contributed by atoms with Crippen LogP contribution in [0, 0.1) is 0 Å². The van der Waals surface area contributed by atoms with Gasteiger partial charge in [-0.15, -0.1) is 0 Å². The summed E-state index contributed by atoms with van der Waals surface area (Å²) >= 11 is 0. The van der Waals surface area contributed by atoms with Gasteiger partial charge in [0.1, 0.15) is 11.3 Å². The molecule has 1 aromatic rings. The average Bonchev–Trinajstić information content (AvgIpc) is 2.62. The Kier molecular flexibility index (Phi) is 2.15. The zero-order valence-electron chi connectivity index (χ0n) is 8.04. The molecule has 0 saturated heterocycles. The highest BCUT2D eigenvalue weighted by molar-refractivity contribution is 5.92. The van der Waals surface area contributed by atoms with Crippen LogP contribution in [0.15, 0.2) is 12.1 Å². The maximum atomic E-state index is 11.3. The van der Waals surface area contributed by atoms with Crippen LogP contribution >= 0.6 is 0 Å². The zero-order valence-corrected chi connectivity index (χ0v) is 8.04. The predicted octanol–water partition coefficient (Wildman–Crippen LogP) is 1.67. The molecule has 0 atom stereocenters. The molecule has 0 fully saturated rings. The Hall–Kier alpha value is -1.51. The van der Waals surface area contributed by atoms with E-state index in [0.29, 0.717) is 0 Å². The molecule has 14 heavy (non-hydrogen) atoms. The van der Waals surface area contributed by atoms with Gasteiger partial charge in [-0.05, 0) is 42.5 Å². The molecule has 2 rings (SSSR count). The van der Waals surface area contributed by atoms with E-state index in [-0.39, 0.29) is 11.3 Å². The molecule has 3 nitrogen and oxygen atoms in total. The number of carbonyl (C=O) groups excluding carboxylic acids is 1. The second kappa shape index (κ2) is 3.33. The predicted molar refractivity (Wildman–Crippen MR) is 51.5 cm³/mol. The third-order valence-corrected chi connectivity index (χ3v) is 2.62. The monoisotopic (exact) mass is 192 g/mol.